The van der Waals surface area contributed by atoms with Crippen LogP contribution in [-0.2, 0) is 16.0 Å². The van der Waals surface area contributed by atoms with Crippen LogP contribution < -0.4 is 0 Å². The number of nitrogens with zero attached hydrogens (tertiary/aromatic N) is 2. The third-order valence-electron chi connectivity index (χ3n) is 2.13. The summed E-state index contributed by atoms with van der Waals surface area (Å²) < 4.78 is 29.4. The van der Waals surface area contributed by atoms with Crippen LogP contribution >= 0.6 is 15.9 Å². The fourth-order valence-corrected chi connectivity index (χ4v) is 2.05. The van der Waals surface area contributed by atoms with Crippen molar-refractivity contribution in [2.45, 2.75) is 19.8 Å². The molecule has 0 amide bonds. The van der Waals surface area contributed by atoms with Gasteiger partial charge >= 0.3 is 5.97 Å². The average Bonchev–Trinajstić information content (AvgIpc) is 2.28. The molecule has 0 aliphatic rings. The highest BCUT2D eigenvalue weighted by atomic mass is 79.9. The predicted octanol–water partition coefficient (Wildman–Crippen LogP) is 2.80. The van der Waals surface area contributed by atoms with Crippen molar-refractivity contribution in [2.24, 2.45) is 0 Å². The third-order valence-corrected chi connectivity index (χ3v) is 2.91. The Morgan fingerprint density at radius 2 is 2.26 bits per heavy atom. The number of aromatic nitrogens is 1. The Kier molecular flexibility index (Phi) is 5.28. The summed E-state index contributed by atoms with van der Waals surface area (Å²) in [6, 6.07) is 0. The lowest BCUT2D eigenvalue weighted by Gasteiger charge is -2.07. The molecule has 1 rings (SSSR count). The maximum atomic E-state index is 12.6. The van der Waals surface area contributed by atoms with E-state index in [1.54, 1.807) is 6.92 Å². The van der Waals surface area contributed by atoms with Crippen LogP contribution in [-0.4, -0.2) is 22.5 Å². The van der Waals surface area contributed by atoms with E-state index in [1.807, 2.05) is 0 Å². The first kappa shape index (κ1) is 15.4. The van der Waals surface area contributed by atoms with Crippen LogP contribution in [0.2, 0.25) is 0 Å². The summed E-state index contributed by atoms with van der Waals surface area (Å²) in [4.78, 5) is 24.8. The molecule has 0 aliphatic carbocycles. The number of halogens is 3. The molecular formula is C10H9BrF2N2O4. The smallest absolute Gasteiger partial charge is 0.310 e. The van der Waals surface area contributed by atoms with Crippen molar-refractivity contribution in [1.29, 1.82) is 0 Å². The van der Waals surface area contributed by atoms with E-state index in [9.17, 15) is 23.7 Å². The second-order valence-electron chi connectivity index (χ2n) is 3.37. The van der Waals surface area contributed by atoms with E-state index in [1.165, 1.54) is 0 Å². The first-order chi connectivity index (χ1) is 8.88. The molecule has 1 heterocycles. The molecule has 0 aliphatic heterocycles. The second kappa shape index (κ2) is 6.50. The minimum absolute atomic E-state index is 0.0836. The Hall–Kier alpha value is -1.64. The summed E-state index contributed by atoms with van der Waals surface area (Å²) in [5, 5.41) is 10.9. The quantitative estimate of drug-likeness (QED) is 0.468. The highest BCUT2D eigenvalue weighted by molar-refractivity contribution is 9.10. The Morgan fingerprint density at radius 1 is 1.63 bits per heavy atom. The van der Waals surface area contributed by atoms with Crippen molar-refractivity contribution in [1.82, 2.24) is 4.98 Å². The SMILES string of the molecule is CCOC(=O)Cc1cnc(C(F)F)c(Br)c1[N+](=O)[O-]. The number of hydrogen-bond donors (Lipinski definition) is 0. The third kappa shape index (κ3) is 3.66. The van der Waals surface area contributed by atoms with E-state index in [2.05, 4.69) is 25.7 Å². The number of nitro groups is 1. The van der Waals surface area contributed by atoms with Crippen LogP contribution in [0.5, 0.6) is 0 Å². The summed E-state index contributed by atoms with van der Waals surface area (Å²) in [5.41, 5.74) is -1.42. The van der Waals surface area contributed by atoms with Crippen LogP contribution in [0.25, 0.3) is 0 Å². The fourth-order valence-electron chi connectivity index (χ4n) is 1.37. The summed E-state index contributed by atoms with van der Waals surface area (Å²) in [6.45, 7) is 1.71. The average molecular weight is 339 g/mol. The van der Waals surface area contributed by atoms with Gasteiger partial charge in [-0.3, -0.25) is 19.9 Å². The highest BCUT2D eigenvalue weighted by Gasteiger charge is 2.27. The van der Waals surface area contributed by atoms with Crippen molar-refractivity contribution in [3.63, 3.8) is 0 Å². The topological polar surface area (TPSA) is 82.3 Å². The predicted molar refractivity (Wildman–Crippen MR) is 63.9 cm³/mol. The lowest BCUT2D eigenvalue weighted by molar-refractivity contribution is -0.386. The molecule has 0 saturated heterocycles. The Labute approximate surface area is 115 Å². The molecule has 0 radical (unpaired) electrons. The molecule has 9 heteroatoms. The van der Waals surface area contributed by atoms with Gasteiger partial charge in [-0.1, -0.05) is 0 Å². The molecular weight excluding hydrogens is 330 g/mol. The van der Waals surface area contributed by atoms with Gasteiger partial charge < -0.3 is 4.74 Å². The van der Waals surface area contributed by atoms with Gasteiger partial charge in [-0.15, -0.1) is 0 Å². The molecule has 0 fully saturated rings. The van der Waals surface area contributed by atoms with Crippen molar-refractivity contribution >= 4 is 27.6 Å². The van der Waals surface area contributed by atoms with Crippen molar-refractivity contribution in [3.8, 4) is 0 Å². The van der Waals surface area contributed by atoms with E-state index < -0.39 is 39.6 Å². The van der Waals surface area contributed by atoms with Crippen LogP contribution in [0, 0.1) is 10.1 Å². The number of rotatable bonds is 5. The van der Waals surface area contributed by atoms with Gasteiger partial charge in [0.05, 0.1) is 23.5 Å². The number of alkyl halides is 2. The maximum absolute atomic E-state index is 12.6. The Balaban J connectivity index is 3.22. The zero-order valence-electron chi connectivity index (χ0n) is 9.73. The number of ether oxygens (including phenoxy) is 1. The van der Waals surface area contributed by atoms with Crippen molar-refractivity contribution in [3.05, 3.63) is 32.0 Å². The number of carbonyl (C=O) groups excluding carboxylic acids is 1. The van der Waals surface area contributed by atoms with Gasteiger partial charge in [-0.05, 0) is 22.9 Å². The van der Waals surface area contributed by atoms with Crippen molar-refractivity contribution in [2.75, 3.05) is 6.61 Å². The lowest BCUT2D eigenvalue weighted by atomic mass is 10.1. The summed E-state index contributed by atoms with van der Waals surface area (Å²) in [6.07, 6.45) is -2.47. The normalized spacial score (nSPS) is 10.6. The van der Waals surface area contributed by atoms with E-state index in [-0.39, 0.29) is 12.2 Å². The lowest BCUT2D eigenvalue weighted by Crippen LogP contribution is -2.11. The molecule has 0 saturated carbocycles. The Morgan fingerprint density at radius 3 is 2.74 bits per heavy atom. The van der Waals surface area contributed by atoms with Crippen LogP contribution in [0.4, 0.5) is 14.5 Å². The minimum Gasteiger partial charge on any atom is -0.466 e. The molecule has 0 spiro atoms. The fraction of sp³-hybridized carbons (Fsp3) is 0.400. The van der Waals surface area contributed by atoms with E-state index in [0.29, 0.717) is 0 Å². The summed E-state index contributed by atoms with van der Waals surface area (Å²) in [7, 11) is 0. The molecule has 0 unspecified atom stereocenters. The van der Waals surface area contributed by atoms with Crippen LogP contribution in [0.15, 0.2) is 10.7 Å². The van der Waals surface area contributed by atoms with E-state index in [0.717, 1.165) is 6.20 Å². The largest absolute Gasteiger partial charge is 0.466 e. The highest BCUT2D eigenvalue weighted by Crippen LogP contribution is 2.35. The van der Waals surface area contributed by atoms with Gasteiger partial charge in [0.1, 0.15) is 10.2 Å². The number of hydrogen-bond acceptors (Lipinski definition) is 5. The van der Waals surface area contributed by atoms with Crippen LogP contribution in [0.3, 0.4) is 0 Å². The number of carbonyl (C=O) groups is 1. The molecule has 19 heavy (non-hydrogen) atoms. The summed E-state index contributed by atoms with van der Waals surface area (Å²) in [5.74, 6) is -0.691. The van der Waals surface area contributed by atoms with Gasteiger partial charge in [-0.25, -0.2) is 8.78 Å². The maximum Gasteiger partial charge on any atom is 0.310 e. The Bertz CT molecular complexity index is 511. The molecule has 0 N–H and O–H groups in total. The van der Waals surface area contributed by atoms with Gasteiger partial charge in [0.15, 0.2) is 0 Å². The van der Waals surface area contributed by atoms with Crippen molar-refractivity contribution < 1.29 is 23.2 Å². The number of pyridine rings is 1. The van der Waals surface area contributed by atoms with Gasteiger partial charge in [0, 0.05) is 6.20 Å². The zero-order chi connectivity index (χ0) is 14.6. The summed E-state index contributed by atoms with van der Waals surface area (Å²) >= 11 is 2.73. The first-order valence-corrected chi connectivity index (χ1v) is 5.93. The van der Waals surface area contributed by atoms with E-state index in [4.69, 9.17) is 0 Å². The molecule has 1 aromatic rings. The second-order valence-corrected chi connectivity index (χ2v) is 4.16. The molecule has 1 aromatic heterocycles. The number of esters is 1. The molecule has 0 bridgehead atoms. The van der Waals surface area contributed by atoms with Gasteiger partial charge in [0.2, 0.25) is 0 Å². The van der Waals surface area contributed by atoms with E-state index >= 15 is 0 Å². The molecule has 0 atom stereocenters. The van der Waals surface area contributed by atoms with Gasteiger partial charge in [0.25, 0.3) is 12.1 Å². The molecule has 6 nitrogen and oxygen atoms in total. The molecule has 104 valence electrons. The molecule has 0 aromatic carbocycles. The monoisotopic (exact) mass is 338 g/mol. The minimum atomic E-state index is -2.95. The van der Waals surface area contributed by atoms with Crippen LogP contribution in [0.1, 0.15) is 24.6 Å². The standard InChI is InChI=1S/C10H9BrF2N2O4/c1-2-19-6(16)3-5-4-14-8(10(12)13)7(11)9(5)15(17)18/h4,10H,2-3H2,1H3. The zero-order valence-corrected chi connectivity index (χ0v) is 11.3. The first-order valence-electron chi connectivity index (χ1n) is 5.13. The van der Waals surface area contributed by atoms with Gasteiger partial charge in [-0.2, -0.15) is 0 Å².